The number of ether oxygens (including phenoxy) is 1. The molecule has 0 aliphatic rings. The number of methoxy groups -OCH3 is 1. The van der Waals surface area contributed by atoms with Crippen LogP contribution in [0.3, 0.4) is 0 Å². The van der Waals surface area contributed by atoms with Crippen molar-refractivity contribution in [2.45, 2.75) is 26.7 Å². The number of aryl methyl sites for hydroxylation is 3. The number of halogens is 1. The van der Waals surface area contributed by atoms with Crippen molar-refractivity contribution in [3.05, 3.63) is 59.2 Å². The van der Waals surface area contributed by atoms with Gasteiger partial charge in [0.25, 0.3) is 0 Å². The molecule has 0 amide bonds. The van der Waals surface area contributed by atoms with Gasteiger partial charge in [0.05, 0.1) is 7.11 Å². The summed E-state index contributed by atoms with van der Waals surface area (Å²) in [5.41, 5.74) is 10.7. The molecular weight excluding hydrogens is 413 g/mol. The van der Waals surface area contributed by atoms with E-state index in [9.17, 15) is 0 Å². The fourth-order valence-corrected chi connectivity index (χ4v) is 2.28. The van der Waals surface area contributed by atoms with Crippen molar-refractivity contribution in [2.24, 2.45) is 10.7 Å². The Hall–Kier alpha value is -1.76. The second-order valence-corrected chi connectivity index (χ2v) is 5.64. The lowest BCUT2D eigenvalue weighted by molar-refractivity contribution is 0.414. The topological polar surface area (TPSA) is 59.6 Å². The van der Waals surface area contributed by atoms with E-state index in [0.717, 1.165) is 24.3 Å². The number of hydrogen-bond acceptors (Lipinski definition) is 2. The summed E-state index contributed by atoms with van der Waals surface area (Å²) in [5.74, 6) is 1.34. The average molecular weight is 439 g/mol. The first-order valence-corrected chi connectivity index (χ1v) is 7.85. The summed E-state index contributed by atoms with van der Waals surface area (Å²) < 4.78 is 5.15. The third-order valence-corrected chi connectivity index (χ3v) is 3.84. The fourth-order valence-electron chi connectivity index (χ4n) is 2.28. The summed E-state index contributed by atoms with van der Waals surface area (Å²) in [4.78, 5) is 4.38. The first kappa shape index (κ1) is 20.3. The monoisotopic (exact) mass is 439 g/mol. The molecule has 0 spiro atoms. The quantitative estimate of drug-likeness (QED) is 0.306. The van der Waals surface area contributed by atoms with Crippen LogP contribution in [0.1, 0.15) is 23.1 Å². The van der Waals surface area contributed by atoms with Gasteiger partial charge in [-0.15, -0.1) is 24.0 Å². The Morgan fingerprint density at radius 1 is 1.08 bits per heavy atom. The zero-order chi connectivity index (χ0) is 16.7. The Kier molecular flexibility index (Phi) is 8.60. The van der Waals surface area contributed by atoms with Crippen LogP contribution in [0.15, 0.2) is 47.5 Å². The van der Waals surface area contributed by atoms with E-state index >= 15 is 0 Å². The molecule has 3 N–H and O–H groups in total. The lowest BCUT2D eigenvalue weighted by atomic mass is 10.1. The van der Waals surface area contributed by atoms with Gasteiger partial charge in [-0.25, -0.2) is 0 Å². The number of benzene rings is 2. The molecule has 0 unspecified atom stereocenters. The van der Waals surface area contributed by atoms with Gasteiger partial charge < -0.3 is 15.8 Å². The Bertz CT molecular complexity index is 669. The summed E-state index contributed by atoms with van der Waals surface area (Å²) >= 11 is 0. The number of aliphatic imine (C=N–C) groups is 1. The van der Waals surface area contributed by atoms with Crippen molar-refractivity contribution in [1.29, 1.82) is 0 Å². The molecule has 0 radical (unpaired) electrons. The van der Waals surface area contributed by atoms with Crippen molar-refractivity contribution in [1.82, 2.24) is 0 Å². The molecule has 2 rings (SSSR count). The molecule has 0 saturated heterocycles. The van der Waals surface area contributed by atoms with Gasteiger partial charge in [-0.2, -0.15) is 0 Å². The third-order valence-electron chi connectivity index (χ3n) is 3.84. The Morgan fingerprint density at radius 2 is 1.79 bits per heavy atom. The Labute approximate surface area is 161 Å². The second kappa shape index (κ2) is 10.2. The number of guanidine groups is 1. The maximum Gasteiger partial charge on any atom is 0.193 e. The molecule has 0 bridgehead atoms. The molecule has 0 heterocycles. The predicted molar refractivity (Wildman–Crippen MR) is 113 cm³/mol. The highest BCUT2D eigenvalue weighted by Crippen LogP contribution is 2.14. The van der Waals surface area contributed by atoms with E-state index in [1.807, 2.05) is 18.2 Å². The molecule has 0 aliphatic carbocycles. The van der Waals surface area contributed by atoms with Gasteiger partial charge in [-0.1, -0.05) is 18.2 Å². The molecule has 24 heavy (non-hydrogen) atoms. The molecular formula is C19H26IN3O. The van der Waals surface area contributed by atoms with Crippen molar-refractivity contribution in [3.8, 4) is 5.75 Å². The predicted octanol–water partition coefficient (Wildman–Crippen LogP) is 4.29. The van der Waals surface area contributed by atoms with Crippen molar-refractivity contribution in [2.75, 3.05) is 19.0 Å². The van der Waals surface area contributed by atoms with Crippen LogP contribution in [0.25, 0.3) is 0 Å². The van der Waals surface area contributed by atoms with Crippen LogP contribution in [0.2, 0.25) is 0 Å². The number of nitrogens with two attached hydrogens (primary N) is 1. The van der Waals surface area contributed by atoms with Gasteiger partial charge in [0.15, 0.2) is 5.96 Å². The molecule has 130 valence electrons. The van der Waals surface area contributed by atoms with Crippen LogP contribution < -0.4 is 15.8 Å². The highest BCUT2D eigenvalue weighted by atomic mass is 127. The molecule has 2 aromatic rings. The van der Waals surface area contributed by atoms with Gasteiger partial charge in [0, 0.05) is 12.2 Å². The Morgan fingerprint density at radius 3 is 2.42 bits per heavy atom. The highest BCUT2D eigenvalue weighted by Gasteiger charge is 1.98. The standard InChI is InChI=1S/C19H25N3O.HI/c1-14-6-9-17(13-15(14)2)22-19(20)21-12-4-5-16-7-10-18(23-3)11-8-16;/h6-11,13H,4-5,12H2,1-3H3,(H3,20,21,22);1H. The number of hydrogen-bond donors (Lipinski definition) is 2. The molecule has 0 atom stereocenters. The minimum absolute atomic E-state index is 0. The maximum absolute atomic E-state index is 5.93. The number of anilines is 1. The zero-order valence-electron chi connectivity index (χ0n) is 14.5. The summed E-state index contributed by atoms with van der Waals surface area (Å²) in [7, 11) is 1.68. The number of nitrogens with zero attached hydrogens (tertiary/aromatic N) is 1. The summed E-state index contributed by atoms with van der Waals surface area (Å²) in [6.07, 6.45) is 1.94. The first-order chi connectivity index (χ1) is 11.1. The smallest absolute Gasteiger partial charge is 0.193 e. The molecule has 0 fully saturated rings. The highest BCUT2D eigenvalue weighted by molar-refractivity contribution is 14.0. The summed E-state index contributed by atoms with van der Waals surface area (Å²) in [5, 5.41) is 3.13. The van der Waals surface area contributed by atoms with Crippen molar-refractivity contribution in [3.63, 3.8) is 0 Å². The zero-order valence-corrected chi connectivity index (χ0v) is 16.8. The largest absolute Gasteiger partial charge is 0.497 e. The van der Waals surface area contributed by atoms with E-state index in [4.69, 9.17) is 10.5 Å². The van der Waals surface area contributed by atoms with E-state index in [2.05, 4.69) is 48.4 Å². The van der Waals surface area contributed by atoms with Crippen molar-refractivity contribution >= 4 is 35.6 Å². The third kappa shape index (κ3) is 6.39. The van der Waals surface area contributed by atoms with Crippen LogP contribution in [-0.2, 0) is 6.42 Å². The summed E-state index contributed by atoms with van der Waals surface area (Å²) in [6, 6.07) is 14.3. The normalized spacial score (nSPS) is 10.9. The van der Waals surface area contributed by atoms with Crippen molar-refractivity contribution < 1.29 is 4.74 Å². The molecule has 0 saturated carbocycles. The van der Waals surface area contributed by atoms with E-state index in [1.54, 1.807) is 7.11 Å². The van der Waals surface area contributed by atoms with E-state index in [1.165, 1.54) is 16.7 Å². The molecule has 4 nitrogen and oxygen atoms in total. The Balaban J connectivity index is 0.00000288. The van der Waals surface area contributed by atoms with Gasteiger partial charge in [0.1, 0.15) is 5.75 Å². The second-order valence-electron chi connectivity index (χ2n) is 5.64. The van der Waals surface area contributed by atoms with Crippen LogP contribution in [0.4, 0.5) is 5.69 Å². The lowest BCUT2D eigenvalue weighted by Crippen LogP contribution is -2.23. The van der Waals surface area contributed by atoms with Crippen LogP contribution >= 0.6 is 24.0 Å². The lowest BCUT2D eigenvalue weighted by Gasteiger charge is -2.08. The SMILES string of the molecule is COc1ccc(CCCN=C(N)Nc2ccc(C)c(C)c2)cc1.I. The van der Waals surface area contributed by atoms with Crippen LogP contribution in [0, 0.1) is 13.8 Å². The van der Waals surface area contributed by atoms with Crippen LogP contribution in [0.5, 0.6) is 5.75 Å². The molecule has 0 aromatic heterocycles. The van der Waals surface area contributed by atoms with E-state index in [-0.39, 0.29) is 24.0 Å². The molecule has 2 aromatic carbocycles. The first-order valence-electron chi connectivity index (χ1n) is 7.85. The van der Waals surface area contributed by atoms with Gasteiger partial charge >= 0.3 is 0 Å². The average Bonchev–Trinajstić information content (AvgIpc) is 2.55. The molecule has 5 heteroatoms. The minimum atomic E-state index is 0. The van der Waals surface area contributed by atoms with Crippen LogP contribution in [-0.4, -0.2) is 19.6 Å². The van der Waals surface area contributed by atoms with E-state index < -0.39 is 0 Å². The number of nitrogens with one attached hydrogen (secondary N) is 1. The van der Waals surface area contributed by atoms with Gasteiger partial charge in [-0.3, -0.25) is 4.99 Å². The maximum atomic E-state index is 5.93. The minimum Gasteiger partial charge on any atom is -0.497 e. The number of rotatable bonds is 6. The summed E-state index contributed by atoms with van der Waals surface area (Å²) in [6.45, 7) is 4.88. The van der Waals surface area contributed by atoms with Gasteiger partial charge in [0.2, 0.25) is 0 Å². The molecule has 0 aliphatic heterocycles. The van der Waals surface area contributed by atoms with Gasteiger partial charge in [-0.05, 0) is 67.6 Å². The fraction of sp³-hybridized carbons (Fsp3) is 0.316. The van der Waals surface area contributed by atoms with E-state index in [0.29, 0.717) is 12.5 Å².